The number of fused-ring (bicyclic) bond motifs is 3. The summed E-state index contributed by atoms with van der Waals surface area (Å²) in [6, 6.07) is 44.1. The lowest BCUT2D eigenvalue weighted by atomic mass is 9.89. The maximum atomic E-state index is 2.48. The van der Waals surface area contributed by atoms with Gasteiger partial charge in [-0.15, -0.1) is 0 Å². The van der Waals surface area contributed by atoms with E-state index < -0.39 is 0 Å². The van der Waals surface area contributed by atoms with Gasteiger partial charge in [0.15, 0.2) is 0 Å². The first-order chi connectivity index (χ1) is 19.6. The fourth-order valence-electron chi connectivity index (χ4n) is 6.24. The Labute approximate surface area is 236 Å². The molecule has 0 fully saturated rings. The molecule has 2 nitrogen and oxygen atoms in total. The summed E-state index contributed by atoms with van der Waals surface area (Å²) in [6.45, 7) is 2.32. The van der Waals surface area contributed by atoms with Gasteiger partial charge in [-0.1, -0.05) is 103 Å². The third-order valence-electron chi connectivity index (χ3n) is 8.31. The minimum Gasteiger partial charge on any atom is -0.344 e. The fraction of sp³-hybridized carbons (Fsp3) is 0.105. The van der Waals surface area contributed by atoms with Crippen molar-refractivity contribution >= 4 is 55.1 Å². The van der Waals surface area contributed by atoms with Crippen LogP contribution in [0, 0.1) is 0 Å². The molecule has 0 heterocycles. The van der Waals surface area contributed by atoms with Crippen molar-refractivity contribution < 1.29 is 0 Å². The first kappa shape index (κ1) is 24.2. The Hall–Kier alpha value is -4.82. The zero-order chi connectivity index (χ0) is 27.1. The molecule has 7 rings (SSSR count). The SMILES string of the molecule is CN(c1ccc(N(c2ccc3ccccc3c2)C2(C)C=CC=CC2)cc1)c1c2ccccc2cc2ccccc12. The van der Waals surface area contributed by atoms with Gasteiger partial charge in [-0.3, -0.25) is 0 Å². The number of nitrogens with zero attached hydrogens (tertiary/aromatic N) is 2. The minimum atomic E-state index is -0.170. The van der Waals surface area contributed by atoms with E-state index in [0.717, 1.165) is 12.1 Å². The Balaban J connectivity index is 1.33. The Morgan fingerprint density at radius 3 is 1.77 bits per heavy atom. The van der Waals surface area contributed by atoms with Crippen molar-refractivity contribution in [2.24, 2.45) is 0 Å². The third kappa shape index (κ3) is 4.13. The van der Waals surface area contributed by atoms with E-state index in [1.165, 1.54) is 49.4 Å². The summed E-state index contributed by atoms with van der Waals surface area (Å²) in [5, 5.41) is 7.55. The van der Waals surface area contributed by atoms with E-state index in [2.05, 4.69) is 169 Å². The van der Waals surface area contributed by atoms with Crippen molar-refractivity contribution in [3.63, 3.8) is 0 Å². The number of rotatable bonds is 5. The third-order valence-corrected chi connectivity index (χ3v) is 8.31. The summed E-state index contributed by atoms with van der Waals surface area (Å²) in [7, 11) is 2.18. The molecule has 0 spiro atoms. The average molecular weight is 517 g/mol. The smallest absolute Gasteiger partial charge is 0.0642 e. The molecule has 6 aromatic carbocycles. The van der Waals surface area contributed by atoms with Crippen molar-refractivity contribution in [3.8, 4) is 0 Å². The van der Waals surface area contributed by atoms with Crippen molar-refractivity contribution in [3.05, 3.63) is 146 Å². The number of hydrogen-bond donors (Lipinski definition) is 0. The highest BCUT2D eigenvalue weighted by Gasteiger charge is 2.31. The summed E-state index contributed by atoms with van der Waals surface area (Å²) in [5.74, 6) is 0. The molecule has 0 bridgehead atoms. The zero-order valence-electron chi connectivity index (χ0n) is 23.0. The summed E-state index contributed by atoms with van der Waals surface area (Å²) in [6.07, 6.45) is 9.85. The van der Waals surface area contributed by atoms with Crippen LogP contribution in [0.4, 0.5) is 22.7 Å². The normalized spacial score (nSPS) is 16.6. The molecule has 1 aliphatic carbocycles. The van der Waals surface area contributed by atoms with Crippen molar-refractivity contribution in [2.45, 2.75) is 18.9 Å². The van der Waals surface area contributed by atoms with Crippen LogP contribution in [0.5, 0.6) is 0 Å². The molecular formula is C38H32N2. The predicted molar refractivity (Wildman–Crippen MR) is 173 cm³/mol. The van der Waals surface area contributed by atoms with Crippen LogP contribution in [-0.4, -0.2) is 12.6 Å². The highest BCUT2D eigenvalue weighted by molar-refractivity contribution is 6.12. The van der Waals surface area contributed by atoms with Gasteiger partial charge >= 0.3 is 0 Å². The molecule has 0 radical (unpaired) electrons. The standard InChI is InChI=1S/C38H32N2/c1-38(24-10-3-11-25-38)40(34-19-18-28-12-4-5-13-29(28)27-34)33-22-20-32(21-23-33)39(2)37-35-16-8-6-14-30(35)26-31-15-7-9-17-36(31)37/h3-24,26-27H,25H2,1-2H3. The van der Waals surface area contributed by atoms with Gasteiger partial charge in [0.25, 0.3) is 0 Å². The molecule has 40 heavy (non-hydrogen) atoms. The predicted octanol–water partition coefficient (Wildman–Crippen LogP) is 10.3. The second-order valence-electron chi connectivity index (χ2n) is 11.0. The Kier molecular flexibility index (Phi) is 5.90. The fourth-order valence-corrected chi connectivity index (χ4v) is 6.24. The zero-order valence-corrected chi connectivity index (χ0v) is 23.0. The van der Waals surface area contributed by atoms with E-state index in [-0.39, 0.29) is 5.54 Å². The highest BCUT2D eigenvalue weighted by Crippen LogP contribution is 2.42. The Bertz CT molecular complexity index is 1860. The van der Waals surface area contributed by atoms with Crippen molar-refractivity contribution in [1.29, 1.82) is 0 Å². The molecule has 0 N–H and O–H groups in total. The van der Waals surface area contributed by atoms with E-state index in [0.29, 0.717) is 0 Å². The first-order valence-electron chi connectivity index (χ1n) is 14.0. The van der Waals surface area contributed by atoms with Crippen LogP contribution in [-0.2, 0) is 0 Å². The van der Waals surface area contributed by atoms with Gasteiger partial charge in [-0.05, 0) is 77.4 Å². The maximum Gasteiger partial charge on any atom is 0.0642 e. The maximum absolute atomic E-state index is 2.48. The van der Waals surface area contributed by atoms with E-state index in [9.17, 15) is 0 Å². The van der Waals surface area contributed by atoms with Gasteiger partial charge in [-0.2, -0.15) is 0 Å². The Morgan fingerprint density at radius 1 is 0.550 bits per heavy atom. The van der Waals surface area contributed by atoms with Gasteiger partial charge in [-0.25, -0.2) is 0 Å². The number of allylic oxidation sites excluding steroid dienone is 2. The van der Waals surface area contributed by atoms with E-state index in [1.54, 1.807) is 0 Å². The van der Waals surface area contributed by atoms with Crippen molar-refractivity contribution in [1.82, 2.24) is 0 Å². The molecule has 2 heteroatoms. The first-order valence-corrected chi connectivity index (χ1v) is 14.0. The molecule has 1 atom stereocenters. The second kappa shape index (κ2) is 9.73. The van der Waals surface area contributed by atoms with Crippen LogP contribution in [0.1, 0.15) is 13.3 Å². The molecule has 1 unspecified atom stereocenters. The van der Waals surface area contributed by atoms with Crippen LogP contribution in [0.3, 0.4) is 0 Å². The molecule has 1 aliphatic rings. The van der Waals surface area contributed by atoms with Crippen LogP contribution in [0.15, 0.2) is 146 Å². The second-order valence-corrected chi connectivity index (χ2v) is 11.0. The number of anilines is 4. The molecule has 6 aromatic rings. The van der Waals surface area contributed by atoms with E-state index in [1.807, 2.05) is 0 Å². The van der Waals surface area contributed by atoms with Gasteiger partial charge < -0.3 is 9.80 Å². The van der Waals surface area contributed by atoms with E-state index >= 15 is 0 Å². The summed E-state index contributed by atoms with van der Waals surface area (Å²) in [4.78, 5) is 4.82. The van der Waals surface area contributed by atoms with Crippen LogP contribution in [0.25, 0.3) is 32.3 Å². The van der Waals surface area contributed by atoms with Gasteiger partial charge in [0.1, 0.15) is 0 Å². The molecule has 0 saturated carbocycles. The quantitative estimate of drug-likeness (QED) is 0.210. The molecular weight excluding hydrogens is 484 g/mol. The summed E-state index contributed by atoms with van der Waals surface area (Å²) in [5.41, 5.74) is 4.60. The monoisotopic (exact) mass is 516 g/mol. The molecule has 0 saturated heterocycles. The number of benzene rings is 6. The number of hydrogen-bond acceptors (Lipinski definition) is 2. The van der Waals surface area contributed by atoms with Gasteiger partial charge in [0.2, 0.25) is 0 Å². The lowest BCUT2D eigenvalue weighted by Crippen LogP contribution is -2.42. The summed E-state index contributed by atoms with van der Waals surface area (Å²) >= 11 is 0. The largest absolute Gasteiger partial charge is 0.344 e. The van der Waals surface area contributed by atoms with Crippen LogP contribution < -0.4 is 9.80 Å². The molecule has 194 valence electrons. The van der Waals surface area contributed by atoms with Crippen LogP contribution in [0.2, 0.25) is 0 Å². The molecule has 0 aromatic heterocycles. The summed E-state index contributed by atoms with van der Waals surface area (Å²) < 4.78 is 0. The van der Waals surface area contributed by atoms with E-state index in [4.69, 9.17) is 0 Å². The highest BCUT2D eigenvalue weighted by atomic mass is 15.2. The van der Waals surface area contributed by atoms with Gasteiger partial charge in [0.05, 0.1) is 11.2 Å². The van der Waals surface area contributed by atoms with Crippen molar-refractivity contribution in [2.75, 3.05) is 16.8 Å². The molecule has 0 aliphatic heterocycles. The lowest BCUT2D eigenvalue weighted by molar-refractivity contribution is 0.570. The molecule has 0 amide bonds. The Morgan fingerprint density at radius 2 is 1.12 bits per heavy atom. The lowest BCUT2D eigenvalue weighted by Gasteiger charge is -2.42. The topological polar surface area (TPSA) is 6.48 Å². The minimum absolute atomic E-state index is 0.170. The van der Waals surface area contributed by atoms with Crippen LogP contribution >= 0.6 is 0 Å². The average Bonchev–Trinajstić information content (AvgIpc) is 3.00. The van der Waals surface area contributed by atoms with Gasteiger partial charge in [0, 0.05) is 34.9 Å².